The van der Waals surface area contributed by atoms with Gasteiger partial charge in [0.2, 0.25) is 21.8 Å². The number of benzene rings is 1. The molecule has 0 radical (unpaired) electrons. The fourth-order valence-corrected chi connectivity index (χ4v) is 3.09. The van der Waals surface area contributed by atoms with E-state index in [0.717, 1.165) is 16.6 Å². The van der Waals surface area contributed by atoms with Gasteiger partial charge in [-0.3, -0.25) is 4.31 Å². The van der Waals surface area contributed by atoms with E-state index in [2.05, 4.69) is 10.2 Å². The van der Waals surface area contributed by atoms with Gasteiger partial charge in [0.1, 0.15) is 5.82 Å². The van der Waals surface area contributed by atoms with E-state index in [4.69, 9.17) is 16.0 Å². The fourth-order valence-electron chi connectivity index (χ4n) is 1.96. The Kier molecular flexibility index (Phi) is 5.02. The third-order valence-electron chi connectivity index (χ3n) is 2.90. The first kappa shape index (κ1) is 16.7. The van der Waals surface area contributed by atoms with Gasteiger partial charge in [-0.1, -0.05) is 11.6 Å². The molecule has 0 N–H and O–H groups in total. The summed E-state index contributed by atoms with van der Waals surface area (Å²) in [6.07, 6.45) is 1.84. The highest BCUT2D eigenvalue weighted by molar-refractivity contribution is 7.92. The van der Waals surface area contributed by atoms with Gasteiger partial charge in [-0.05, 0) is 24.6 Å². The number of rotatable bonds is 6. The molecule has 0 spiro atoms. The number of aromatic nitrogens is 2. The molecular formula is C13H15ClFN3O3S. The predicted molar refractivity (Wildman–Crippen MR) is 81.0 cm³/mol. The van der Waals surface area contributed by atoms with Crippen LogP contribution < -0.4 is 4.31 Å². The molecule has 2 aromatic rings. The first-order valence-corrected chi connectivity index (χ1v) is 8.72. The standard InChI is InChI=1S/C13H15ClFN3O3S/c1-9-16-17-13(21-9)4-3-7-18(22(2,19)20)12-6-5-10(14)8-11(12)15/h5-6,8H,3-4,7H2,1-2H3. The van der Waals surface area contributed by atoms with Crippen molar-refractivity contribution in [2.75, 3.05) is 17.1 Å². The van der Waals surface area contributed by atoms with E-state index in [0.29, 0.717) is 24.6 Å². The van der Waals surface area contributed by atoms with E-state index in [1.54, 1.807) is 6.92 Å². The lowest BCUT2D eigenvalue weighted by atomic mass is 10.2. The molecule has 6 nitrogen and oxygen atoms in total. The maximum absolute atomic E-state index is 14.0. The molecule has 22 heavy (non-hydrogen) atoms. The van der Waals surface area contributed by atoms with Crippen molar-refractivity contribution in [1.29, 1.82) is 0 Å². The van der Waals surface area contributed by atoms with Crippen molar-refractivity contribution >= 4 is 27.3 Å². The molecule has 0 bridgehead atoms. The molecule has 0 saturated heterocycles. The van der Waals surface area contributed by atoms with Gasteiger partial charge in [0.15, 0.2) is 0 Å². The topological polar surface area (TPSA) is 76.3 Å². The minimum Gasteiger partial charge on any atom is -0.426 e. The first-order valence-electron chi connectivity index (χ1n) is 6.49. The number of hydrogen-bond acceptors (Lipinski definition) is 5. The number of anilines is 1. The maximum atomic E-state index is 14.0. The summed E-state index contributed by atoms with van der Waals surface area (Å²) in [6, 6.07) is 3.87. The Labute approximate surface area is 133 Å². The minimum absolute atomic E-state index is 0.0337. The zero-order valence-electron chi connectivity index (χ0n) is 12.1. The Morgan fingerprint density at radius 2 is 2.09 bits per heavy atom. The quantitative estimate of drug-likeness (QED) is 0.802. The summed E-state index contributed by atoms with van der Waals surface area (Å²) < 4.78 is 44.0. The number of sulfonamides is 1. The molecule has 0 aliphatic rings. The van der Waals surface area contributed by atoms with Crippen molar-refractivity contribution in [1.82, 2.24) is 10.2 Å². The normalized spacial score (nSPS) is 11.6. The summed E-state index contributed by atoms with van der Waals surface area (Å²) in [7, 11) is -3.62. The van der Waals surface area contributed by atoms with Crippen LogP contribution in [0.25, 0.3) is 0 Å². The SMILES string of the molecule is Cc1nnc(CCCN(c2ccc(Cl)cc2F)S(C)(=O)=O)o1. The molecular weight excluding hydrogens is 333 g/mol. The van der Waals surface area contributed by atoms with Gasteiger partial charge in [-0.15, -0.1) is 10.2 Å². The molecule has 0 aliphatic heterocycles. The third-order valence-corrected chi connectivity index (χ3v) is 4.31. The Bertz CT molecular complexity index is 764. The summed E-state index contributed by atoms with van der Waals surface area (Å²) >= 11 is 5.69. The van der Waals surface area contributed by atoms with Crippen LogP contribution in [-0.2, 0) is 16.4 Å². The second-order valence-electron chi connectivity index (χ2n) is 4.75. The largest absolute Gasteiger partial charge is 0.426 e. The van der Waals surface area contributed by atoms with Gasteiger partial charge in [0.05, 0.1) is 11.9 Å². The fraction of sp³-hybridized carbons (Fsp3) is 0.385. The van der Waals surface area contributed by atoms with Crippen molar-refractivity contribution < 1.29 is 17.2 Å². The smallest absolute Gasteiger partial charge is 0.232 e. The highest BCUT2D eigenvalue weighted by Crippen LogP contribution is 2.25. The second kappa shape index (κ2) is 6.62. The molecule has 9 heteroatoms. The average molecular weight is 348 g/mol. The summed E-state index contributed by atoms with van der Waals surface area (Å²) in [4.78, 5) is 0. The summed E-state index contributed by atoms with van der Waals surface area (Å²) in [5.41, 5.74) is -0.0337. The molecule has 120 valence electrons. The van der Waals surface area contributed by atoms with Crippen LogP contribution in [0.1, 0.15) is 18.2 Å². The molecule has 0 fully saturated rings. The lowest BCUT2D eigenvalue weighted by molar-refractivity contribution is 0.462. The molecule has 2 rings (SSSR count). The van der Waals surface area contributed by atoms with Gasteiger partial charge in [0.25, 0.3) is 0 Å². The predicted octanol–water partition coefficient (Wildman–Crippen LogP) is 2.57. The van der Waals surface area contributed by atoms with Crippen molar-refractivity contribution in [3.8, 4) is 0 Å². The molecule has 1 heterocycles. The van der Waals surface area contributed by atoms with Gasteiger partial charge in [-0.2, -0.15) is 0 Å². The highest BCUT2D eigenvalue weighted by atomic mass is 35.5. The molecule has 0 aliphatic carbocycles. The van der Waals surface area contributed by atoms with E-state index < -0.39 is 15.8 Å². The zero-order valence-corrected chi connectivity index (χ0v) is 13.7. The molecule has 0 amide bonds. The zero-order chi connectivity index (χ0) is 16.3. The maximum Gasteiger partial charge on any atom is 0.232 e. The Hall–Kier alpha value is -1.67. The van der Waals surface area contributed by atoms with E-state index >= 15 is 0 Å². The van der Waals surface area contributed by atoms with E-state index in [1.807, 2.05) is 0 Å². The Morgan fingerprint density at radius 1 is 1.36 bits per heavy atom. The van der Waals surface area contributed by atoms with Crippen LogP contribution in [0.4, 0.5) is 10.1 Å². The first-order chi connectivity index (χ1) is 10.3. The van der Waals surface area contributed by atoms with Crippen molar-refractivity contribution in [3.63, 3.8) is 0 Å². The molecule has 0 saturated carbocycles. The molecule has 1 aromatic carbocycles. The Balaban J connectivity index is 2.13. The van der Waals surface area contributed by atoms with Crippen LogP contribution in [0.2, 0.25) is 5.02 Å². The third kappa shape index (κ3) is 4.17. The Morgan fingerprint density at radius 3 is 2.64 bits per heavy atom. The van der Waals surface area contributed by atoms with Gasteiger partial charge >= 0.3 is 0 Å². The lowest BCUT2D eigenvalue weighted by Crippen LogP contribution is -2.31. The van der Waals surface area contributed by atoms with Gasteiger partial charge in [0, 0.05) is 24.9 Å². The van der Waals surface area contributed by atoms with Gasteiger partial charge < -0.3 is 4.42 Å². The van der Waals surface area contributed by atoms with Gasteiger partial charge in [-0.25, -0.2) is 12.8 Å². The monoisotopic (exact) mass is 347 g/mol. The highest BCUT2D eigenvalue weighted by Gasteiger charge is 2.21. The van der Waals surface area contributed by atoms with Crippen molar-refractivity contribution in [3.05, 3.63) is 40.8 Å². The van der Waals surface area contributed by atoms with E-state index in [9.17, 15) is 12.8 Å². The number of halogens is 2. The summed E-state index contributed by atoms with van der Waals surface area (Å²) in [6.45, 7) is 1.77. The van der Waals surface area contributed by atoms with Crippen LogP contribution in [-0.4, -0.2) is 31.4 Å². The van der Waals surface area contributed by atoms with Crippen LogP contribution in [0, 0.1) is 12.7 Å². The average Bonchev–Trinajstić information content (AvgIpc) is 2.80. The van der Waals surface area contributed by atoms with Crippen molar-refractivity contribution in [2.45, 2.75) is 19.8 Å². The van der Waals surface area contributed by atoms with Crippen molar-refractivity contribution in [2.24, 2.45) is 0 Å². The van der Waals surface area contributed by atoms with Crippen LogP contribution >= 0.6 is 11.6 Å². The molecule has 0 unspecified atom stereocenters. The summed E-state index contributed by atoms with van der Waals surface area (Å²) in [5, 5.41) is 7.73. The number of aryl methyl sites for hydroxylation is 2. The second-order valence-corrected chi connectivity index (χ2v) is 7.09. The molecule has 0 atom stereocenters. The van der Waals surface area contributed by atoms with E-state index in [-0.39, 0.29) is 17.3 Å². The number of nitrogens with zero attached hydrogens (tertiary/aromatic N) is 3. The van der Waals surface area contributed by atoms with E-state index in [1.165, 1.54) is 12.1 Å². The van der Waals surface area contributed by atoms with Crippen LogP contribution in [0.5, 0.6) is 0 Å². The summed E-state index contributed by atoms with van der Waals surface area (Å²) in [5.74, 6) is 0.174. The molecule has 1 aromatic heterocycles. The lowest BCUT2D eigenvalue weighted by Gasteiger charge is -2.22. The minimum atomic E-state index is -3.62. The number of hydrogen-bond donors (Lipinski definition) is 0. The van der Waals surface area contributed by atoms with Crippen LogP contribution in [0.3, 0.4) is 0 Å². The van der Waals surface area contributed by atoms with Crippen LogP contribution in [0.15, 0.2) is 22.6 Å².